The van der Waals surface area contributed by atoms with Gasteiger partial charge in [-0.3, -0.25) is 9.59 Å². The zero-order chi connectivity index (χ0) is 18.5. The van der Waals surface area contributed by atoms with Gasteiger partial charge in [-0.25, -0.2) is 0 Å². The molecule has 3 rings (SSSR count). The van der Waals surface area contributed by atoms with Gasteiger partial charge in [0.2, 0.25) is 0 Å². The van der Waals surface area contributed by atoms with Gasteiger partial charge in [-0.05, 0) is 60.7 Å². The molecular weight excluding hydrogens is 330 g/mol. The highest BCUT2D eigenvalue weighted by Gasteiger charge is 2.19. The fraction of sp³-hybridized carbons (Fsp3) is 0.100. The number of hydrogen-bond donors (Lipinski definition) is 4. The molecule has 132 valence electrons. The molecule has 26 heavy (non-hydrogen) atoms. The summed E-state index contributed by atoms with van der Waals surface area (Å²) < 4.78 is 0. The molecule has 1 aliphatic rings. The summed E-state index contributed by atoms with van der Waals surface area (Å²) in [7, 11) is 0. The number of anilines is 4. The lowest BCUT2D eigenvalue weighted by Gasteiger charge is -2.17. The van der Waals surface area contributed by atoms with Gasteiger partial charge in [-0.15, -0.1) is 0 Å². The Kier molecular flexibility index (Phi) is 5.15. The highest BCUT2D eigenvalue weighted by atomic mass is 16.3. The van der Waals surface area contributed by atoms with Crippen molar-refractivity contribution in [2.24, 2.45) is 0 Å². The molecule has 5 N–H and O–H groups in total. The molecule has 6 heteroatoms. The zero-order valence-electron chi connectivity index (χ0n) is 14.0. The summed E-state index contributed by atoms with van der Waals surface area (Å²) in [5.41, 5.74) is 9.53. The molecule has 0 atom stereocenters. The summed E-state index contributed by atoms with van der Waals surface area (Å²) in [6.45, 7) is 0.375. The molecule has 2 aromatic carbocycles. The summed E-state index contributed by atoms with van der Waals surface area (Å²) >= 11 is 0. The lowest BCUT2D eigenvalue weighted by atomic mass is 9.94. The Bertz CT molecular complexity index is 899. The predicted octanol–water partition coefficient (Wildman–Crippen LogP) is 2.51. The number of rotatable bonds is 6. The number of nitrogen functional groups attached to an aromatic ring is 1. The summed E-state index contributed by atoms with van der Waals surface area (Å²) in [6.07, 6.45) is 3.87. The number of carbonyl (C=O) groups is 2. The molecule has 0 bridgehead atoms. The SMILES string of the molecule is Nc1ccc(Nc2ccc(NCCO)cc2C2=CC(=O)C=CC2=O)cc1. The van der Waals surface area contributed by atoms with Gasteiger partial charge in [0.05, 0.1) is 6.61 Å². The highest BCUT2D eigenvalue weighted by molar-refractivity contribution is 6.34. The molecule has 1 aliphatic carbocycles. The van der Waals surface area contributed by atoms with E-state index in [1.54, 1.807) is 18.2 Å². The van der Waals surface area contributed by atoms with Crippen molar-refractivity contribution in [3.05, 3.63) is 66.3 Å². The van der Waals surface area contributed by atoms with Crippen molar-refractivity contribution in [3.63, 3.8) is 0 Å². The monoisotopic (exact) mass is 349 g/mol. The van der Waals surface area contributed by atoms with Crippen LogP contribution in [0, 0.1) is 0 Å². The molecule has 0 aromatic heterocycles. The molecule has 6 nitrogen and oxygen atoms in total. The lowest BCUT2D eigenvalue weighted by Crippen LogP contribution is -2.10. The minimum Gasteiger partial charge on any atom is -0.399 e. The number of carbonyl (C=O) groups excluding carboxylic acids is 2. The van der Waals surface area contributed by atoms with E-state index in [1.165, 1.54) is 18.2 Å². The fourth-order valence-corrected chi connectivity index (χ4v) is 2.63. The van der Waals surface area contributed by atoms with Crippen LogP contribution in [-0.4, -0.2) is 29.8 Å². The maximum Gasteiger partial charge on any atom is 0.186 e. The Hall–Kier alpha value is -3.38. The van der Waals surface area contributed by atoms with Crippen LogP contribution < -0.4 is 16.4 Å². The van der Waals surface area contributed by atoms with E-state index in [9.17, 15) is 9.59 Å². The van der Waals surface area contributed by atoms with Crippen molar-refractivity contribution in [1.29, 1.82) is 0 Å². The second-order valence-electron chi connectivity index (χ2n) is 5.82. The Labute approximate surface area is 151 Å². The number of aliphatic hydroxyl groups excluding tert-OH is 1. The maximum atomic E-state index is 12.3. The van der Waals surface area contributed by atoms with E-state index in [1.807, 2.05) is 24.3 Å². The zero-order valence-corrected chi connectivity index (χ0v) is 14.0. The van der Waals surface area contributed by atoms with Crippen LogP contribution in [0.4, 0.5) is 22.7 Å². The first kappa shape index (κ1) is 17.4. The largest absolute Gasteiger partial charge is 0.399 e. The summed E-state index contributed by atoms with van der Waals surface area (Å²) in [6, 6.07) is 12.7. The van der Waals surface area contributed by atoms with E-state index >= 15 is 0 Å². The van der Waals surface area contributed by atoms with Crippen molar-refractivity contribution < 1.29 is 14.7 Å². The molecule has 2 aromatic rings. The molecule has 0 saturated heterocycles. The molecule has 0 radical (unpaired) electrons. The topological polar surface area (TPSA) is 104 Å². The van der Waals surface area contributed by atoms with Crippen LogP contribution in [0.25, 0.3) is 5.57 Å². The van der Waals surface area contributed by atoms with Crippen LogP contribution in [0.1, 0.15) is 5.56 Å². The molecular formula is C20H19N3O3. The number of aliphatic hydroxyl groups is 1. The van der Waals surface area contributed by atoms with Crippen molar-refractivity contribution in [2.75, 3.05) is 29.5 Å². The van der Waals surface area contributed by atoms with Gasteiger partial charge in [0.25, 0.3) is 0 Å². The Morgan fingerprint density at radius 2 is 1.69 bits per heavy atom. The van der Waals surface area contributed by atoms with E-state index in [-0.39, 0.29) is 18.2 Å². The van der Waals surface area contributed by atoms with E-state index in [4.69, 9.17) is 10.8 Å². The van der Waals surface area contributed by atoms with Gasteiger partial charge in [0.15, 0.2) is 11.6 Å². The second-order valence-corrected chi connectivity index (χ2v) is 5.82. The quantitative estimate of drug-likeness (QED) is 0.472. The third-order valence-corrected chi connectivity index (χ3v) is 3.89. The fourth-order valence-electron chi connectivity index (χ4n) is 2.63. The number of nitrogens with two attached hydrogens (primary N) is 1. The van der Waals surface area contributed by atoms with Gasteiger partial charge >= 0.3 is 0 Å². The number of ketones is 2. The molecule has 0 spiro atoms. The van der Waals surface area contributed by atoms with Crippen molar-refractivity contribution in [1.82, 2.24) is 0 Å². The van der Waals surface area contributed by atoms with Crippen molar-refractivity contribution in [2.45, 2.75) is 0 Å². The number of hydrogen-bond acceptors (Lipinski definition) is 6. The number of nitrogens with one attached hydrogen (secondary N) is 2. The first-order valence-electron chi connectivity index (χ1n) is 8.16. The number of benzene rings is 2. The van der Waals surface area contributed by atoms with E-state index in [0.717, 1.165) is 11.4 Å². The summed E-state index contributed by atoms with van der Waals surface area (Å²) in [4.78, 5) is 24.1. The van der Waals surface area contributed by atoms with Gasteiger partial charge < -0.3 is 21.5 Å². The first-order valence-corrected chi connectivity index (χ1v) is 8.16. The first-order chi connectivity index (χ1) is 12.6. The predicted molar refractivity (Wildman–Crippen MR) is 103 cm³/mol. The molecule has 0 unspecified atom stereocenters. The second kappa shape index (κ2) is 7.67. The molecule has 0 saturated carbocycles. The standard InChI is InChI=1S/C20H19N3O3/c21-13-1-3-14(4-2-13)23-19-7-5-15(22-9-10-24)11-17(19)18-12-16(25)6-8-20(18)26/h1-8,11-12,22-24H,9-10,21H2. The van der Waals surface area contributed by atoms with Crippen LogP contribution in [-0.2, 0) is 9.59 Å². The lowest BCUT2D eigenvalue weighted by molar-refractivity contribution is -0.113. The Morgan fingerprint density at radius 1 is 0.962 bits per heavy atom. The third kappa shape index (κ3) is 3.99. The molecule has 0 fully saturated rings. The van der Waals surface area contributed by atoms with Crippen molar-refractivity contribution in [3.8, 4) is 0 Å². The smallest absolute Gasteiger partial charge is 0.186 e. The maximum absolute atomic E-state index is 12.3. The summed E-state index contributed by atoms with van der Waals surface area (Å²) in [5.74, 6) is -0.462. The van der Waals surface area contributed by atoms with Crippen LogP contribution in [0.2, 0.25) is 0 Å². The van der Waals surface area contributed by atoms with Gasteiger partial charge in [0, 0.05) is 40.4 Å². The minimum atomic E-state index is -0.232. The number of allylic oxidation sites excluding steroid dienone is 4. The minimum absolute atomic E-state index is 0.0103. The average molecular weight is 349 g/mol. The normalized spacial score (nSPS) is 13.5. The Balaban J connectivity index is 2.01. The third-order valence-electron chi connectivity index (χ3n) is 3.89. The Morgan fingerprint density at radius 3 is 2.42 bits per heavy atom. The van der Waals surface area contributed by atoms with E-state index in [0.29, 0.717) is 29.1 Å². The van der Waals surface area contributed by atoms with Crippen LogP contribution >= 0.6 is 0 Å². The van der Waals surface area contributed by atoms with Gasteiger partial charge in [-0.2, -0.15) is 0 Å². The highest BCUT2D eigenvalue weighted by Crippen LogP contribution is 2.32. The van der Waals surface area contributed by atoms with Gasteiger partial charge in [-0.1, -0.05) is 0 Å². The van der Waals surface area contributed by atoms with Crippen LogP contribution in [0.3, 0.4) is 0 Å². The van der Waals surface area contributed by atoms with E-state index in [2.05, 4.69) is 10.6 Å². The molecule has 0 amide bonds. The van der Waals surface area contributed by atoms with Crippen molar-refractivity contribution >= 4 is 39.9 Å². The molecule has 0 heterocycles. The van der Waals surface area contributed by atoms with Crippen LogP contribution in [0.15, 0.2) is 60.7 Å². The summed E-state index contributed by atoms with van der Waals surface area (Å²) in [5, 5.41) is 15.3. The molecule has 0 aliphatic heterocycles. The van der Waals surface area contributed by atoms with Crippen LogP contribution in [0.5, 0.6) is 0 Å². The van der Waals surface area contributed by atoms with E-state index < -0.39 is 0 Å². The van der Waals surface area contributed by atoms with Gasteiger partial charge in [0.1, 0.15) is 0 Å². The average Bonchev–Trinajstić information content (AvgIpc) is 2.65.